The Morgan fingerprint density at radius 3 is 2.74 bits per heavy atom. The molecule has 8 nitrogen and oxygen atoms in total. The van der Waals surface area contributed by atoms with Crippen molar-refractivity contribution >= 4 is 49.9 Å². The van der Waals surface area contributed by atoms with E-state index in [2.05, 4.69) is 36.5 Å². The van der Waals surface area contributed by atoms with Crippen LogP contribution in [-0.4, -0.2) is 54.6 Å². The summed E-state index contributed by atoms with van der Waals surface area (Å²) >= 11 is 2.94. The third kappa shape index (κ3) is 5.56. The monoisotopic (exact) mass is 494 g/mol. The number of ether oxygens (including phenoxy) is 1. The molecule has 31 heavy (non-hydrogen) atoms. The number of hydrogen-bond acceptors (Lipinski definition) is 7. The maximum absolute atomic E-state index is 14.2. The molecule has 0 radical (unpaired) electrons. The number of fused-ring (bicyclic) bond motifs is 1. The van der Waals surface area contributed by atoms with Crippen molar-refractivity contribution in [2.24, 2.45) is 0 Å². The number of hydrogen-bond donors (Lipinski definition) is 3. The van der Waals surface area contributed by atoms with Crippen LogP contribution in [0.5, 0.6) is 5.75 Å². The van der Waals surface area contributed by atoms with Crippen molar-refractivity contribution in [3.8, 4) is 5.75 Å². The van der Waals surface area contributed by atoms with Crippen molar-refractivity contribution in [1.29, 1.82) is 0 Å². The van der Waals surface area contributed by atoms with Gasteiger partial charge in [-0.25, -0.2) is 18.7 Å². The molecule has 0 unspecified atom stereocenters. The summed E-state index contributed by atoms with van der Waals surface area (Å²) in [6.45, 7) is 0.817. The fourth-order valence-corrected chi connectivity index (χ4v) is 3.08. The second-order valence-corrected chi connectivity index (χ2v) is 7.77. The second-order valence-electron chi connectivity index (χ2n) is 6.91. The van der Waals surface area contributed by atoms with Crippen molar-refractivity contribution in [3.63, 3.8) is 0 Å². The van der Waals surface area contributed by atoms with Crippen molar-refractivity contribution in [1.82, 2.24) is 20.2 Å². The minimum Gasteiger partial charge on any atom is -0.490 e. The molecule has 0 bridgehead atoms. The Morgan fingerprint density at radius 1 is 1.23 bits per heavy atom. The predicted molar refractivity (Wildman–Crippen MR) is 118 cm³/mol. The minimum atomic E-state index is -1.04. The van der Waals surface area contributed by atoms with Gasteiger partial charge in [0.15, 0.2) is 11.6 Å². The highest BCUT2D eigenvalue weighted by molar-refractivity contribution is 9.10. The molecule has 0 aliphatic heterocycles. The SMILES string of the molecule is CN(C)CC(=O)NCCOc1cc2ncnc(Nc3ccc(Br)c(F)c3F)c2cc1N. The first-order valence-corrected chi connectivity index (χ1v) is 10.0. The average molecular weight is 495 g/mol. The van der Waals surface area contributed by atoms with Gasteiger partial charge in [0.25, 0.3) is 0 Å². The first-order chi connectivity index (χ1) is 14.8. The Hall–Kier alpha value is -3.05. The van der Waals surface area contributed by atoms with Crippen molar-refractivity contribution in [2.45, 2.75) is 0 Å². The lowest BCUT2D eigenvalue weighted by molar-refractivity contribution is -0.121. The van der Waals surface area contributed by atoms with Crippen LogP contribution in [0.1, 0.15) is 0 Å². The van der Waals surface area contributed by atoms with Gasteiger partial charge in [0, 0.05) is 11.5 Å². The number of likely N-dealkylation sites (N-methyl/N-ethyl adjacent to an activating group) is 1. The zero-order valence-electron chi connectivity index (χ0n) is 16.9. The van der Waals surface area contributed by atoms with Crippen LogP contribution in [0.15, 0.2) is 35.1 Å². The maximum atomic E-state index is 14.2. The van der Waals surface area contributed by atoms with Crippen LogP contribution in [0.4, 0.5) is 26.0 Å². The topological polar surface area (TPSA) is 105 Å². The summed E-state index contributed by atoms with van der Waals surface area (Å²) in [4.78, 5) is 21.7. The van der Waals surface area contributed by atoms with Crippen LogP contribution >= 0.6 is 15.9 Å². The lowest BCUT2D eigenvalue weighted by Gasteiger charge is -2.14. The number of aromatic nitrogens is 2. The van der Waals surface area contributed by atoms with Gasteiger partial charge in [-0.3, -0.25) is 4.79 Å². The zero-order valence-corrected chi connectivity index (χ0v) is 18.5. The molecule has 3 aromatic rings. The van der Waals surface area contributed by atoms with E-state index in [4.69, 9.17) is 10.5 Å². The lowest BCUT2D eigenvalue weighted by atomic mass is 10.2. The van der Waals surface area contributed by atoms with E-state index in [0.717, 1.165) is 0 Å². The van der Waals surface area contributed by atoms with Crippen LogP contribution in [0, 0.1) is 11.6 Å². The van der Waals surface area contributed by atoms with Gasteiger partial charge in [0.05, 0.1) is 34.5 Å². The van der Waals surface area contributed by atoms with Gasteiger partial charge < -0.3 is 26.0 Å². The molecule has 1 heterocycles. The van der Waals surface area contributed by atoms with E-state index >= 15 is 0 Å². The smallest absolute Gasteiger partial charge is 0.234 e. The van der Waals surface area contributed by atoms with E-state index in [-0.39, 0.29) is 35.0 Å². The van der Waals surface area contributed by atoms with Gasteiger partial charge in [-0.1, -0.05) is 0 Å². The quantitative estimate of drug-likeness (QED) is 0.251. The Morgan fingerprint density at radius 2 is 2.00 bits per heavy atom. The molecule has 0 saturated heterocycles. The van der Waals surface area contributed by atoms with E-state index < -0.39 is 11.6 Å². The first-order valence-electron chi connectivity index (χ1n) is 9.25. The highest BCUT2D eigenvalue weighted by Crippen LogP contribution is 2.32. The highest BCUT2D eigenvalue weighted by Gasteiger charge is 2.15. The van der Waals surface area contributed by atoms with Crippen LogP contribution in [0.2, 0.25) is 0 Å². The molecular weight excluding hydrogens is 474 g/mol. The minimum absolute atomic E-state index is 0.0204. The van der Waals surface area contributed by atoms with Crippen LogP contribution < -0.4 is 21.1 Å². The Kier molecular flexibility index (Phi) is 7.18. The summed E-state index contributed by atoms with van der Waals surface area (Å²) in [5.74, 6) is -1.50. The molecular formula is C20H21BrF2N6O2. The number of carbonyl (C=O) groups excluding carboxylic acids is 1. The Balaban J connectivity index is 1.75. The van der Waals surface area contributed by atoms with Crippen molar-refractivity contribution in [3.05, 3.63) is 46.7 Å². The third-order valence-corrected chi connectivity index (χ3v) is 4.81. The van der Waals surface area contributed by atoms with E-state index in [9.17, 15) is 13.6 Å². The molecule has 0 atom stereocenters. The maximum Gasteiger partial charge on any atom is 0.234 e. The summed E-state index contributed by atoms with van der Waals surface area (Å²) in [5, 5.41) is 6.02. The molecule has 2 aromatic carbocycles. The fourth-order valence-electron chi connectivity index (χ4n) is 2.77. The molecule has 0 aliphatic carbocycles. The number of amides is 1. The van der Waals surface area contributed by atoms with E-state index in [1.807, 2.05) is 0 Å². The molecule has 0 fully saturated rings. The van der Waals surface area contributed by atoms with E-state index in [0.29, 0.717) is 28.9 Å². The number of halogens is 3. The molecule has 164 valence electrons. The number of nitrogen functional groups attached to an aromatic ring is 1. The predicted octanol–water partition coefficient (Wildman–Crippen LogP) is 3.05. The molecule has 1 amide bonds. The first kappa shape index (κ1) is 22.6. The Bertz CT molecular complexity index is 1110. The van der Waals surface area contributed by atoms with Crippen molar-refractivity contribution in [2.75, 3.05) is 44.8 Å². The second kappa shape index (κ2) is 9.84. The number of nitrogens with zero attached hydrogens (tertiary/aromatic N) is 3. The van der Waals surface area contributed by atoms with E-state index in [1.54, 1.807) is 31.1 Å². The molecule has 11 heteroatoms. The van der Waals surface area contributed by atoms with Gasteiger partial charge in [0.2, 0.25) is 5.91 Å². The van der Waals surface area contributed by atoms with Crippen LogP contribution in [0.25, 0.3) is 10.9 Å². The van der Waals surface area contributed by atoms with Crippen LogP contribution in [-0.2, 0) is 4.79 Å². The molecule has 0 spiro atoms. The molecule has 0 saturated carbocycles. The number of nitrogens with two attached hydrogens (primary N) is 1. The van der Waals surface area contributed by atoms with Gasteiger partial charge >= 0.3 is 0 Å². The number of carbonyl (C=O) groups is 1. The molecule has 3 rings (SSSR count). The molecule has 4 N–H and O–H groups in total. The summed E-state index contributed by atoms with van der Waals surface area (Å²) in [6.07, 6.45) is 1.29. The molecule has 0 aliphatic rings. The van der Waals surface area contributed by atoms with Crippen molar-refractivity contribution < 1.29 is 18.3 Å². The number of anilines is 3. The standard InChI is InChI=1S/C20H21BrF2N6O2/c1-29(2)9-17(30)25-5-6-31-16-8-15-11(7-13(16)24)20(27-10-26-15)28-14-4-3-12(21)18(22)19(14)23/h3-4,7-8,10H,5-6,9,24H2,1-2H3,(H,25,30)(H,26,27,28). The number of rotatable bonds is 8. The Labute approximate surface area is 185 Å². The van der Waals surface area contributed by atoms with Gasteiger partial charge in [-0.2, -0.15) is 0 Å². The van der Waals surface area contributed by atoms with Gasteiger partial charge in [-0.05, 0) is 48.2 Å². The lowest BCUT2D eigenvalue weighted by Crippen LogP contribution is -2.35. The summed E-state index contributed by atoms with van der Waals surface area (Å²) < 4.78 is 33.7. The van der Waals surface area contributed by atoms with Gasteiger partial charge in [-0.15, -0.1) is 0 Å². The fraction of sp³-hybridized carbons (Fsp3) is 0.250. The van der Waals surface area contributed by atoms with E-state index in [1.165, 1.54) is 18.5 Å². The average Bonchev–Trinajstić information content (AvgIpc) is 2.71. The third-order valence-electron chi connectivity index (χ3n) is 4.20. The van der Waals surface area contributed by atoms with Gasteiger partial charge in [0.1, 0.15) is 24.5 Å². The normalized spacial score (nSPS) is 11.0. The number of nitrogens with one attached hydrogen (secondary N) is 2. The van der Waals surface area contributed by atoms with Crippen LogP contribution in [0.3, 0.4) is 0 Å². The summed E-state index contributed by atoms with van der Waals surface area (Å²) in [7, 11) is 3.61. The summed E-state index contributed by atoms with van der Waals surface area (Å²) in [5.41, 5.74) is 6.82. The molecule has 1 aromatic heterocycles. The largest absolute Gasteiger partial charge is 0.490 e. The summed E-state index contributed by atoms with van der Waals surface area (Å²) in [6, 6.07) is 5.99. The highest BCUT2D eigenvalue weighted by atomic mass is 79.9. The number of benzene rings is 2. The zero-order chi connectivity index (χ0) is 22.5.